The molecule has 19 heavy (non-hydrogen) atoms. The number of nitrogens with one attached hydrogen (secondary N) is 1. The number of hydrogen-bond donors (Lipinski definition) is 2. The molecule has 1 unspecified atom stereocenters. The first-order valence-electron chi connectivity index (χ1n) is 6.22. The van der Waals surface area contributed by atoms with Crippen LogP contribution in [-0.4, -0.2) is 23.2 Å². The zero-order valence-electron chi connectivity index (χ0n) is 11.4. The van der Waals surface area contributed by atoms with Crippen molar-refractivity contribution in [3.05, 3.63) is 26.9 Å². The Morgan fingerprint density at radius 3 is 2.79 bits per heavy atom. The summed E-state index contributed by atoms with van der Waals surface area (Å²) in [5, 5.41) is 12.8. The maximum atomic E-state index is 11.6. The summed E-state index contributed by atoms with van der Waals surface area (Å²) >= 11 is 4.93. The first-order valence-corrected chi connectivity index (χ1v) is 7.83. The molecule has 2 N–H and O–H groups in total. The summed E-state index contributed by atoms with van der Waals surface area (Å²) in [6.07, 6.45) is 3.92. The van der Waals surface area contributed by atoms with Gasteiger partial charge < -0.3 is 10.4 Å². The van der Waals surface area contributed by atoms with Crippen LogP contribution in [0.3, 0.4) is 0 Å². The van der Waals surface area contributed by atoms with Gasteiger partial charge in [-0.1, -0.05) is 13.8 Å². The first kappa shape index (κ1) is 16.4. The van der Waals surface area contributed by atoms with Gasteiger partial charge in [-0.25, -0.2) is 0 Å². The Morgan fingerprint density at radius 1 is 1.58 bits per heavy atom. The van der Waals surface area contributed by atoms with Crippen molar-refractivity contribution in [3.8, 4) is 0 Å². The van der Waals surface area contributed by atoms with Crippen molar-refractivity contribution in [2.24, 2.45) is 5.92 Å². The summed E-state index contributed by atoms with van der Waals surface area (Å²) in [7, 11) is 0. The van der Waals surface area contributed by atoms with E-state index < -0.39 is 5.60 Å². The SMILES string of the molecule is CC(C)CC(C)(O)CNC(=O)C=Cc1ccc(Br)s1. The van der Waals surface area contributed by atoms with Gasteiger partial charge in [0.1, 0.15) is 0 Å². The van der Waals surface area contributed by atoms with E-state index in [1.165, 1.54) is 6.08 Å². The van der Waals surface area contributed by atoms with Crippen LogP contribution in [0.5, 0.6) is 0 Å². The van der Waals surface area contributed by atoms with Gasteiger partial charge in [0.25, 0.3) is 0 Å². The van der Waals surface area contributed by atoms with Crippen LogP contribution in [0.4, 0.5) is 0 Å². The lowest BCUT2D eigenvalue weighted by Gasteiger charge is -2.25. The Hall–Kier alpha value is -0.650. The fourth-order valence-electron chi connectivity index (χ4n) is 1.86. The Balaban J connectivity index is 2.41. The highest BCUT2D eigenvalue weighted by atomic mass is 79.9. The number of hydrogen-bond acceptors (Lipinski definition) is 3. The molecule has 0 aliphatic heterocycles. The lowest BCUT2D eigenvalue weighted by Crippen LogP contribution is -2.40. The second-order valence-corrected chi connectivity index (χ2v) is 7.78. The minimum absolute atomic E-state index is 0.187. The van der Waals surface area contributed by atoms with Crippen LogP contribution >= 0.6 is 27.3 Å². The van der Waals surface area contributed by atoms with Gasteiger partial charge in [0.2, 0.25) is 5.91 Å². The van der Waals surface area contributed by atoms with Gasteiger partial charge in [-0.15, -0.1) is 11.3 Å². The maximum Gasteiger partial charge on any atom is 0.244 e. The molecule has 0 fully saturated rings. The predicted octanol–water partition coefficient (Wildman–Crippen LogP) is 3.44. The van der Waals surface area contributed by atoms with Crippen LogP contribution in [-0.2, 0) is 4.79 Å². The lowest BCUT2D eigenvalue weighted by molar-refractivity contribution is -0.117. The fourth-order valence-corrected chi connectivity index (χ4v) is 3.19. The summed E-state index contributed by atoms with van der Waals surface area (Å²) < 4.78 is 1.03. The third-order valence-electron chi connectivity index (χ3n) is 2.48. The topological polar surface area (TPSA) is 49.3 Å². The predicted molar refractivity (Wildman–Crippen MR) is 84.1 cm³/mol. The standard InChI is InChI=1S/C14H20BrNO2S/c1-10(2)8-14(3,18)9-16-13(17)7-5-11-4-6-12(15)19-11/h4-7,10,18H,8-9H2,1-3H3,(H,16,17). The molecule has 106 valence electrons. The fraction of sp³-hybridized carbons (Fsp3) is 0.500. The van der Waals surface area contributed by atoms with Crippen LogP contribution in [0.1, 0.15) is 32.1 Å². The molecule has 1 atom stereocenters. The molecular formula is C14H20BrNO2S. The molecule has 0 radical (unpaired) electrons. The van der Waals surface area contributed by atoms with Crippen LogP contribution in [0.25, 0.3) is 6.08 Å². The number of halogens is 1. The highest BCUT2D eigenvalue weighted by Gasteiger charge is 2.21. The van der Waals surface area contributed by atoms with Gasteiger partial charge in [-0.2, -0.15) is 0 Å². The number of aliphatic hydroxyl groups is 1. The summed E-state index contributed by atoms with van der Waals surface area (Å²) in [5.74, 6) is 0.208. The molecule has 0 saturated carbocycles. The summed E-state index contributed by atoms with van der Waals surface area (Å²) in [6, 6.07) is 3.88. The molecule has 0 aliphatic rings. The quantitative estimate of drug-likeness (QED) is 0.776. The minimum atomic E-state index is -0.858. The Morgan fingerprint density at radius 2 is 2.26 bits per heavy atom. The molecule has 1 heterocycles. The van der Waals surface area contributed by atoms with Crippen LogP contribution in [0.15, 0.2) is 22.0 Å². The van der Waals surface area contributed by atoms with Gasteiger partial charge >= 0.3 is 0 Å². The van der Waals surface area contributed by atoms with E-state index in [4.69, 9.17) is 0 Å². The van der Waals surface area contributed by atoms with Gasteiger partial charge in [-0.05, 0) is 53.4 Å². The second-order valence-electron chi connectivity index (χ2n) is 5.29. The zero-order valence-corrected chi connectivity index (χ0v) is 13.8. The summed E-state index contributed by atoms with van der Waals surface area (Å²) in [5.41, 5.74) is -0.858. The number of carbonyl (C=O) groups excluding carboxylic acids is 1. The van der Waals surface area contributed by atoms with Crippen molar-refractivity contribution < 1.29 is 9.90 Å². The number of thiophene rings is 1. The van der Waals surface area contributed by atoms with E-state index in [2.05, 4.69) is 21.2 Å². The zero-order chi connectivity index (χ0) is 14.5. The summed E-state index contributed by atoms with van der Waals surface area (Å²) in [4.78, 5) is 12.6. The molecule has 1 rings (SSSR count). The van der Waals surface area contributed by atoms with Crippen molar-refractivity contribution >= 4 is 39.2 Å². The lowest BCUT2D eigenvalue weighted by atomic mass is 9.94. The Labute approximate surface area is 126 Å². The maximum absolute atomic E-state index is 11.6. The highest BCUT2D eigenvalue weighted by Crippen LogP contribution is 2.22. The summed E-state index contributed by atoms with van der Waals surface area (Å²) in [6.45, 7) is 6.10. The van der Waals surface area contributed by atoms with Crippen molar-refractivity contribution in [3.63, 3.8) is 0 Å². The average molecular weight is 346 g/mol. The smallest absolute Gasteiger partial charge is 0.244 e. The van der Waals surface area contributed by atoms with Crippen molar-refractivity contribution in [1.29, 1.82) is 0 Å². The van der Waals surface area contributed by atoms with Gasteiger partial charge in [0.15, 0.2) is 0 Å². The number of amides is 1. The number of carbonyl (C=O) groups is 1. The second kappa shape index (κ2) is 7.22. The van der Waals surface area contributed by atoms with E-state index >= 15 is 0 Å². The third-order valence-corrected chi connectivity index (χ3v) is 4.07. The first-order chi connectivity index (χ1) is 8.78. The van der Waals surface area contributed by atoms with Gasteiger partial charge in [-0.3, -0.25) is 4.79 Å². The highest BCUT2D eigenvalue weighted by molar-refractivity contribution is 9.11. The van der Waals surface area contributed by atoms with E-state index in [1.807, 2.05) is 26.0 Å². The average Bonchev–Trinajstić information content (AvgIpc) is 2.68. The molecule has 5 heteroatoms. The van der Waals surface area contributed by atoms with Crippen LogP contribution in [0.2, 0.25) is 0 Å². The minimum Gasteiger partial charge on any atom is -0.388 e. The van der Waals surface area contributed by atoms with E-state index in [0.29, 0.717) is 12.3 Å². The Bertz CT molecular complexity index is 452. The van der Waals surface area contributed by atoms with E-state index in [0.717, 1.165) is 8.66 Å². The molecule has 1 aromatic rings. The van der Waals surface area contributed by atoms with E-state index in [9.17, 15) is 9.90 Å². The van der Waals surface area contributed by atoms with Crippen molar-refractivity contribution in [1.82, 2.24) is 5.32 Å². The third kappa shape index (κ3) is 6.89. The normalized spacial score (nSPS) is 14.8. The van der Waals surface area contributed by atoms with Gasteiger partial charge in [0.05, 0.1) is 9.39 Å². The van der Waals surface area contributed by atoms with Crippen LogP contribution in [0, 0.1) is 5.92 Å². The number of rotatable bonds is 6. The molecule has 1 amide bonds. The molecule has 0 aliphatic carbocycles. The van der Waals surface area contributed by atoms with E-state index in [-0.39, 0.29) is 12.5 Å². The van der Waals surface area contributed by atoms with Gasteiger partial charge in [0, 0.05) is 17.5 Å². The molecular weight excluding hydrogens is 326 g/mol. The molecule has 0 aromatic carbocycles. The van der Waals surface area contributed by atoms with Crippen LogP contribution < -0.4 is 5.32 Å². The molecule has 1 aromatic heterocycles. The molecule has 3 nitrogen and oxygen atoms in total. The largest absolute Gasteiger partial charge is 0.388 e. The van der Waals surface area contributed by atoms with Crippen molar-refractivity contribution in [2.75, 3.05) is 6.54 Å². The molecule has 0 saturated heterocycles. The van der Waals surface area contributed by atoms with E-state index in [1.54, 1.807) is 24.3 Å². The van der Waals surface area contributed by atoms with Crippen molar-refractivity contribution in [2.45, 2.75) is 32.8 Å². The molecule has 0 bridgehead atoms. The monoisotopic (exact) mass is 345 g/mol. The Kier molecular flexibility index (Phi) is 6.23. The molecule has 0 spiro atoms.